The van der Waals surface area contributed by atoms with Crippen LogP contribution in [0.2, 0.25) is 5.02 Å². The molecule has 8 nitrogen and oxygen atoms in total. The molecule has 2 unspecified atom stereocenters. The standard InChI is InChI=1S/C22H21ClFIN4O4/c1-32-17-9-16-13(22(27-11-26-16)28-15-4-2-3-14(23)21(15)24)8-18(17)33-12-5-6-29(19(25)7-12)20(31)10-30/h2-4,8-9,11-12,19,30H,5-7,10H2,1H3,(H,26,27,28). The van der Waals surface area contributed by atoms with E-state index in [0.29, 0.717) is 47.6 Å². The second kappa shape index (κ2) is 10.2. The Morgan fingerprint density at radius 1 is 1.36 bits per heavy atom. The fourth-order valence-electron chi connectivity index (χ4n) is 3.69. The second-order valence-corrected chi connectivity index (χ2v) is 9.26. The number of carbonyl (C=O) groups is 1. The molecule has 2 heterocycles. The molecule has 1 aliphatic rings. The van der Waals surface area contributed by atoms with Crippen LogP contribution >= 0.6 is 34.2 Å². The Kier molecular flexibility index (Phi) is 7.35. The van der Waals surface area contributed by atoms with Gasteiger partial charge in [0.25, 0.3) is 0 Å². The maximum atomic E-state index is 14.4. The fourth-order valence-corrected chi connectivity index (χ4v) is 5.02. The van der Waals surface area contributed by atoms with Gasteiger partial charge in [-0.3, -0.25) is 4.79 Å². The van der Waals surface area contributed by atoms with Crippen molar-refractivity contribution in [1.29, 1.82) is 0 Å². The van der Waals surface area contributed by atoms with E-state index in [1.54, 1.807) is 36.3 Å². The minimum absolute atomic E-state index is 0.00317. The number of rotatable bonds is 6. The summed E-state index contributed by atoms with van der Waals surface area (Å²) in [6.07, 6.45) is 2.42. The number of amides is 1. The molecule has 0 saturated carbocycles. The summed E-state index contributed by atoms with van der Waals surface area (Å²) in [5.41, 5.74) is 0.781. The maximum absolute atomic E-state index is 14.4. The molecule has 1 aromatic heterocycles. The van der Waals surface area contributed by atoms with Crippen LogP contribution in [0.1, 0.15) is 12.8 Å². The van der Waals surface area contributed by atoms with Gasteiger partial charge < -0.3 is 24.8 Å². The number of aliphatic hydroxyl groups is 1. The number of fused-ring (bicyclic) bond motifs is 1. The van der Waals surface area contributed by atoms with Crippen LogP contribution in [0, 0.1) is 5.82 Å². The number of nitrogens with zero attached hydrogens (tertiary/aromatic N) is 3. The van der Waals surface area contributed by atoms with Crippen molar-refractivity contribution in [1.82, 2.24) is 14.9 Å². The molecule has 33 heavy (non-hydrogen) atoms. The third-order valence-corrected chi connectivity index (χ3v) is 6.84. The third kappa shape index (κ3) is 5.07. The summed E-state index contributed by atoms with van der Waals surface area (Å²) in [6, 6.07) is 8.17. The Morgan fingerprint density at radius 2 is 2.18 bits per heavy atom. The molecule has 0 aliphatic carbocycles. The van der Waals surface area contributed by atoms with Gasteiger partial charge in [0, 0.05) is 30.8 Å². The summed E-state index contributed by atoms with van der Waals surface area (Å²) < 4.78 is 26.1. The van der Waals surface area contributed by atoms with Gasteiger partial charge in [-0.15, -0.1) is 0 Å². The first-order valence-electron chi connectivity index (χ1n) is 10.2. The molecule has 174 valence electrons. The fraction of sp³-hybridized carbons (Fsp3) is 0.318. The van der Waals surface area contributed by atoms with E-state index in [4.69, 9.17) is 26.2 Å². The highest BCUT2D eigenvalue weighted by molar-refractivity contribution is 14.1. The largest absolute Gasteiger partial charge is 0.493 e. The lowest BCUT2D eigenvalue weighted by atomic mass is 10.1. The van der Waals surface area contributed by atoms with Gasteiger partial charge in [-0.2, -0.15) is 0 Å². The summed E-state index contributed by atoms with van der Waals surface area (Å²) in [5, 5.41) is 12.7. The molecule has 2 N–H and O–H groups in total. The van der Waals surface area contributed by atoms with E-state index in [1.807, 2.05) is 0 Å². The van der Waals surface area contributed by atoms with Crippen molar-refractivity contribution >= 4 is 62.5 Å². The number of benzene rings is 2. The lowest BCUT2D eigenvalue weighted by Gasteiger charge is -2.36. The number of aromatic nitrogens is 2. The molecule has 0 spiro atoms. The molecular formula is C22H21ClFIN4O4. The molecule has 1 aliphatic heterocycles. The van der Waals surface area contributed by atoms with E-state index < -0.39 is 12.4 Å². The molecule has 0 bridgehead atoms. The number of hydrogen-bond donors (Lipinski definition) is 2. The van der Waals surface area contributed by atoms with Crippen LogP contribution in [-0.4, -0.2) is 56.3 Å². The van der Waals surface area contributed by atoms with Crippen molar-refractivity contribution in [3.8, 4) is 11.5 Å². The van der Waals surface area contributed by atoms with Gasteiger partial charge in [-0.1, -0.05) is 40.3 Å². The van der Waals surface area contributed by atoms with Gasteiger partial charge in [0.15, 0.2) is 17.3 Å². The second-order valence-electron chi connectivity index (χ2n) is 7.41. The number of alkyl halides is 1. The normalized spacial score (nSPS) is 18.3. The highest BCUT2D eigenvalue weighted by Crippen LogP contribution is 2.37. The average molecular weight is 587 g/mol. The Hall–Kier alpha value is -2.44. The molecule has 11 heteroatoms. The predicted octanol–water partition coefficient (Wildman–Crippen LogP) is 4.30. The number of likely N-dealkylation sites (tertiary alicyclic amines) is 1. The molecule has 3 aromatic rings. The SMILES string of the molecule is COc1cc2ncnc(Nc3cccc(Cl)c3F)c2cc1OC1CCN(C(=O)CO)C(I)C1. The van der Waals surface area contributed by atoms with Crippen molar-refractivity contribution < 1.29 is 23.8 Å². The van der Waals surface area contributed by atoms with Crippen LogP contribution in [0.5, 0.6) is 11.5 Å². The first-order chi connectivity index (χ1) is 15.9. The summed E-state index contributed by atoms with van der Waals surface area (Å²) in [4.78, 5) is 22.1. The zero-order valence-corrected chi connectivity index (χ0v) is 20.5. The van der Waals surface area contributed by atoms with Crippen molar-refractivity contribution in [3.63, 3.8) is 0 Å². The number of methoxy groups -OCH3 is 1. The van der Waals surface area contributed by atoms with E-state index >= 15 is 0 Å². The molecule has 2 atom stereocenters. The summed E-state index contributed by atoms with van der Waals surface area (Å²) in [5.74, 6) is 0.513. The lowest BCUT2D eigenvalue weighted by Crippen LogP contribution is -2.47. The maximum Gasteiger partial charge on any atom is 0.249 e. The Bertz CT molecular complexity index is 1180. The topological polar surface area (TPSA) is 96.8 Å². The van der Waals surface area contributed by atoms with Gasteiger partial charge in [-0.25, -0.2) is 14.4 Å². The van der Waals surface area contributed by atoms with Crippen molar-refractivity contribution in [2.75, 3.05) is 25.6 Å². The summed E-state index contributed by atoms with van der Waals surface area (Å²) >= 11 is 8.08. The number of anilines is 2. The van der Waals surface area contributed by atoms with Crippen LogP contribution < -0.4 is 14.8 Å². The molecule has 0 radical (unpaired) electrons. The van der Waals surface area contributed by atoms with Gasteiger partial charge in [0.1, 0.15) is 24.9 Å². The molecule has 1 fully saturated rings. The van der Waals surface area contributed by atoms with Crippen LogP contribution in [-0.2, 0) is 4.79 Å². The van der Waals surface area contributed by atoms with E-state index in [9.17, 15) is 9.18 Å². The zero-order valence-electron chi connectivity index (χ0n) is 17.6. The van der Waals surface area contributed by atoms with Crippen molar-refractivity contribution in [3.05, 3.63) is 47.5 Å². The van der Waals surface area contributed by atoms with Crippen molar-refractivity contribution in [2.45, 2.75) is 23.0 Å². The monoisotopic (exact) mass is 586 g/mol. The average Bonchev–Trinajstić information content (AvgIpc) is 2.81. The van der Waals surface area contributed by atoms with Crippen LogP contribution in [0.3, 0.4) is 0 Å². The number of nitrogens with one attached hydrogen (secondary N) is 1. The Morgan fingerprint density at radius 3 is 2.91 bits per heavy atom. The minimum atomic E-state index is -0.576. The Balaban J connectivity index is 1.63. The minimum Gasteiger partial charge on any atom is -0.493 e. The van der Waals surface area contributed by atoms with Gasteiger partial charge in [0.2, 0.25) is 5.91 Å². The van der Waals surface area contributed by atoms with Crippen LogP contribution in [0.25, 0.3) is 10.9 Å². The first-order valence-corrected chi connectivity index (χ1v) is 11.8. The van der Waals surface area contributed by atoms with E-state index in [1.165, 1.54) is 12.4 Å². The molecule has 1 saturated heterocycles. The summed E-state index contributed by atoms with van der Waals surface area (Å²) in [6.45, 7) is -0.0238. The highest BCUT2D eigenvalue weighted by atomic mass is 127. The molecule has 2 aromatic carbocycles. The quantitative estimate of drug-likeness (QED) is 0.253. The summed E-state index contributed by atoms with van der Waals surface area (Å²) in [7, 11) is 1.54. The van der Waals surface area contributed by atoms with Gasteiger partial charge in [-0.05, 0) is 18.2 Å². The van der Waals surface area contributed by atoms with Gasteiger partial charge in [0.05, 0.1) is 27.4 Å². The van der Waals surface area contributed by atoms with Gasteiger partial charge >= 0.3 is 0 Å². The smallest absolute Gasteiger partial charge is 0.249 e. The van der Waals surface area contributed by atoms with Crippen LogP contribution in [0.4, 0.5) is 15.9 Å². The zero-order chi connectivity index (χ0) is 23.5. The predicted molar refractivity (Wildman–Crippen MR) is 131 cm³/mol. The number of aliphatic hydroxyl groups excluding tert-OH is 1. The number of ether oxygens (including phenoxy) is 2. The number of halogens is 3. The number of piperidine rings is 1. The van der Waals surface area contributed by atoms with E-state index in [2.05, 4.69) is 37.9 Å². The number of carbonyl (C=O) groups excluding carboxylic acids is 1. The molecular weight excluding hydrogens is 566 g/mol. The van der Waals surface area contributed by atoms with Crippen LogP contribution in [0.15, 0.2) is 36.7 Å². The lowest BCUT2D eigenvalue weighted by molar-refractivity contribution is -0.136. The van der Waals surface area contributed by atoms with Crippen molar-refractivity contribution in [2.24, 2.45) is 0 Å². The van der Waals surface area contributed by atoms with E-state index in [0.717, 1.165) is 0 Å². The molecule has 1 amide bonds. The highest BCUT2D eigenvalue weighted by Gasteiger charge is 2.31. The first kappa shape index (κ1) is 23.7. The third-order valence-electron chi connectivity index (χ3n) is 5.36. The van der Waals surface area contributed by atoms with E-state index in [-0.39, 0.29) is 26.8 Å². The molecule has 4 rings (SSSR count). The Labute approximate surface area is 208 Å². The number of hydrogen-bond acceptors (Lipinski definition) is 7.